The normalized spacial score (nSPS) is 15.1. The third-order valence-corrected chi connectivity index (χ3v) is 7.95. The molecule has 1 unspecified atom stereocenters. The summed E-state index contributed by atoms with van der Waals surface area (Å²) in [5.74, 6) is -0.328. The Bertz CT molecular complexity index is 1170. The van der Waals surface area contributed by atoms with Gasteiger partial charge in [0.25, 0.3) is 0 Å². The molecule has 10 heteroatoms. The number of hydrogen-bond donors (Lipinski definition) is 1. The Balaban J connectivity index is 1.89. The van der Waals surface area contributed by atoms with Crippen molar-refractivity contribution in [1.29, 1.82) is 0 Å². The molecule has 1 N–H and O–H groups in total. The molecular formula is C26H34ClN3O5S. The van der Waals surface area contributed by atoms with E-state index in [0.29, 0.717) is 22.0 Å². The molecule has 8 nitrogen and oxygen atoms in total. The molecule has 2 aromatic rings. The van der Waals surface area contributed by atoms with Gasteiger partial charge in [-0.3, -0.25) is 13.9 Å². The summed E-state index contributed by atoms with van der Waals surface area (Å²) in [6.07, 6.45) is 6.14. The number of ether oxygens (including phenoxy) is 1. The molecule has 0 aromatic heterocycles. The molecule has 1 atom stereocenters. The van der Waals surface area contributed by atoms with Gasteiger partial charge in [-0.15, -0.1) is 0 Å². The van der Waals surface area contributed by atoms with Gasteiger partial charge in [0.1, 0.15) is 18.3 Å². The van der Waals surface area contributed by atoms with E-state index in [4.69, 9.17) is 16.3 Å². The van der Waals surface area contributed by atoms with Crippen molar-refractivity contribution in [3.8, 4) is 5.75 Å². The standard InChI is InChI=1S/C26H34ClN3O5S/c1-19(26(32)28-21-11-5-4-6-12-21)29(17-20-10-7-8-15-24(20)27)25(31)18-30(36(3,33)34)22-13-9-14-23(16-22)35-2/h7-10,13-16,19,21H,4-6,11-12,17-18H2,1-3H3,(H,28,32). The Labute approximate surface area is 218 Å². The van der Waals surface area contributed by atoms with Crippen molar-refractivity contribution in [3.63, 3.8) is 0 Å². The van der Waals surface area contributed by atoms with Gasteiger partial charge >= 0.3 is 0 Å². The maximum Gasteiger partial charge on any atom is 0.244 e. The van der Waals surface area contributed by atoms with E-state index in [1.165, 1.54) is 12.0 Å². The number of nitrogens with one attached hydrogen (secondary N) is 1. The van der Waals surface area contributed by atoms with E-state index >= 15 is 0 Å². The molecule has 0 radical (unpaired) electrons. The maximum atomic E-state index is 13.6. The van der Waals surface area contributed by atoms with Crippen LogP contribution in [0.1, 0.15) is 44.6 Å². The molecule has 196 valence electrons. The van der Waals surface area contributed by atoms with Gasteiger partial charge in [0.15, 0.2) is 0 Å². The molecule has 0 heterocycles. The van der Waals surface area contributed by atoms with Crippen LogP contribution in [0.15, 0.2) is 48.5 Å². The first-order valence-electron chi connectivity index (χ1n) is 12.0. The smallest absolute Gasteiger partial charge is 0.244 e. The van der Waals surface area contributed by atoms with Gasteiger partial charge in [0, 0.05) is 23.7 Å². The van der Waals surface area contributed by atoms with Crippen LogP contribution in [-0.2, 0) is 26.2 Å². The zero-order chi connectivity index (χ0) is 26.3. The van der Waals surface area contributed by atoms with Crippen molar-refractivity contribution in [3.05, 3.63) is 59.1 Å². The van der Waals surface area contributed by atoms with Crippen LogP contribution in [0.3, 0.4) is 0 Å². The lowest BCUT2D eigenvalue weighted by Crippen LogP contribution is -2.53. The fraction of sp³-hybridized carbons (Fsp3) is 0.462. The summed E-state index contributed by atoms with van der Waals surface area (Å²) in [5, 5.41) is 3.53. The fourth-order valence-electron chi connectivity index (χ4n) is 4.34. The van der Waals surface area contributed by atoms with E-state index in [-0.39, 0.29) is 18.5 Å². The van der Waals surface area contributed by atoms with Gasteiger partial charge < -0.3 is 15.0 Å². The SMILES string of the molecule is COc1cccc(N(CC(=O)N(Cc2ccccc2Cl)C(C)C(=O)NC2CCCCC2)S(C)(=O)=O)c1. The molecule has 1 fully saturated rings. The highest BCUT2D eigenvalue weighted by Gasteiger charge is 2.31. The van der Waals surface area contributed by atoms with E-state index in [0.717, 1.165) is 42.7 Å². The van der Waals surface area contributed by atoms with E-state index in [1.54, 1.807) is 55.5 Å². The Morgan fingerprint density at radius 3 is 2.44 bits per heavy atom. The summed E-state index contributed by atoms with van der Waals surface area (Å²) in [7, 11) is -2.34. The number of hydrogen-bond acceptors (Lipinski definition) is 5. The van der Waals surface area contributed by atoms with E-state index < -0.39 is 28.5 Å². The second kappa shape index (κ2) is 12.5. The molecule has 1 aliphatic carbocycles. The number of halogens is 1. The minimum Gasteiger partial charge on any atom is -0.497 e. The number of methoxy groups -OCH3 is 1. The van der Waals surface area contributed by atoms with Crippen molar-refractivity contribution in [2.24, 2.45) is 0 Å². The lowest BCUT2D eigenvalue weighted by atomic mass is 9.95. The van der Waals surface area contributed by atoms with Gasteiger partial charge in [-0.25, -0.2) is 8.42 Å². The summed E-state index contributed by atoms with van der Waals surface area (Å²) < 4.78 is 31.6. The number of sulfonamides is 1. The van der Waals surface area contributed by atoms with Crippen molar-refractivity contribution >= 4 is 39.1 Å². The predicted molar refractivity (Wildman–Crippen MR) is 142 cm³/mol. The summed E-state index contributed by atoms with van der Waals surface area (Å²) in [5.41, 5.74) is 0.958. The Morgan fingerprint density at radius 2 is 1.81 bits per heavy atom. The van der Waals surface area contributed by atoms with Gasteiger partial charge in [-0.2, -0.15) is 0 Å². The Kier molecular flexibility index (Phi) is 9.62. The van der Waals surface area contributed by atoms with E-state index in [2.05, 4.69) is 5.32 Å². The third-order valence-electron chi connectivity index (χ3n) is 6.44. The lowest BCUT2D eigenvalue weighted by molar-refractivity contribution is -0.139. The predicted octanol–water partition coefficient (Wildman–Crippen LogP) is 3.98. The molecule has 1 aliphatic rings. The molecule has 1 saturated carbocycles. The van der Waals surface area contributed by atoms with Crippen LogP contribution in [-0.4, -0.2) is 57.1 Å². The van der Waals surface area contributed by atoms with Gasteiger partial charge in [-0.05, 0) is 43.5 Å². The number of rotatable bonds is 10. The maximum absolute atomic E-state index is 13.6. The van der Waals surface area contributed by atoms with Crippen LogP contribution in [0.4, 0.5) is 5.69 Å². The molecule has 0 aliphatic heterocycles. The summed E-state index contributed by atoms with van der Waals surface area (Å²) in [6, 6.07) is 12.8. The number of amides is 2. The van der Waals surface area contributed by atoms with Gasteiger partial charge in [0.2, 0.25) is 21.8 Å². The van der Waals surface area contributed by atoms with Crippen LogP contribution >= 0.6 is 11.6 Å². The first-order chi connectivity index (χ1) is 17.1. The van der Waals surface area contributed by atoms with Crippen LogP contribution in [0, 0.1) is 0 Å². The average molecular weight is 536 g/mol. The van der Waals surface area contributed by atoms with E-state index in [1.807, 2.05) is 0 Å². The summed E-state index contributed by atoms with van der Waals surface area (Å²) >= 11 is 6.36. The van der Waals surface area contributed by atoms with Crippen molar-refractivity contribution in [1.82, 2.24) is 10.2 Å². The first-order valence-corrected chi connectivity index (χ1v) is 14.3. The number of anilines is 1. The number of carbonyl (C=O) groups is 2. The Morgan fingerprint density at radius 1 is 1.11 bits per heavy atom. The highest BCUT2D eigenvalue weighted by atomic mass is 35.5. The molecule has 0 bridgehead atoms. The monoisotopic (exact) mass is 535 g/mol. The van der Waals surface area contributed by atoms with E-state index in [9.17, 15) is 18.0 Å². The quantitative estimate of drug-likeness (QED) is 0.496. The number of nitrogens with zero attached hydrogens (tertiary/aromatic N) is 2. The second-order valence-electron chi connectivity index (χ2n) is 9.10. The van der Waals surface area contributed by atoms with Gasteiger partial charge in [-0.1, -0.05) is 55.1 Å². The van der Waals surface area contributed by atoms with Crippen LogP contribution in [0.2, 0.25) is 5.02 Å². The molecular weight excluding hydrogens is 502 g/mol. The largest absolute Gasteiger partial charge is 0.497 e. The fourth-order valence-corrected chi connectivity index (χ4v) is 5.38. The molecule has 2 aromatic carbocycles. The van der Waals surface area contributed by atoms with Crippen molar-refractivity contribution < 1.29 is 22.7 Å². The van der Waals surface area contributed by atoms with Crippen molar-refractivity contribution in [2.75, 3.05) is 24.2 Å². The zero-order valence-electron chi connectivity index (χ0n) is 20.9. The zero-order valence-corrected chi connectivity index (χ0v) is 22.5. The molecule has 36 heavy (non-hydrogen) atoms. The Hall–Kier alpha value is -2.78. The topological polar surface area (TPSA) is 96.0 Å². The number of benzene rings is 2. The second-order valence-corrected chi connectivity index (χ2v) is 11.4. The van der Waals surface area contributed by atoms with Crippen LogP contribution in [0.5, 0.6) is 5.75 Å². The summed E-state index contributed by atoms with van der Waals surface area (Å²) in [4.78, 5) is 28.2. The van der Waals surface area contributed by atoms with Crippen LogP contribution < -0.4 is 14.4 Å². The minimum absolute atomic E-state index is 0.0630. The highest BCUT2D eigenvalue weighted by Crippen LogP contribution is 2.25. The summed E-state index contributed by atoms with van der Waals surface area (Å²) in [6.45, 7) is 1.24. The lowest BCUT2D eigenvalue weighted by Gasteiger charge is -2.33. The molecule has 2 amide bonds. The highest BCUT2D eigenvalue weighted by molar-refractivity contribution is 7.92. The average Bonchev–Trinajstić information content (AvgIpc) is 2.86. The molecule has 0 saturated heterocycles. The first kappa shape index (κ1) is 27.8. The van der Waals surface area contributed by atoms with Crippen LogP contribution in [0.25, 0.3) is 0 Å². The third kappa shape index (κ3) is 7.36. The molecule has 3 rings (SSSR count). The molecule has 0 spiro atoms. The number of carbonyl (C=O) groups excluding carboxylic acids is 2. The minimum atomic E-state index is -3.82. The van der Waals surface area contributed by atoms with Crippen molar-refractivity contribution in [2.45, 2.75) is 57.7 Å². The van der Waals surface area contributed by atoms with Gasteiger partial charge in [0.05, 0.1) is 19.1 Å².